The quantitative estimate of drug-likeness (QED) is 0.643. The molecule has 0 atom stereocenters. The normalized spacial score (nSPS) is 16.8. The van der Waals surface area contributed by atoms with E-state index in [-0.39, 0.29) is 0 Å². The smallest absolute Gasteiger partial charge is 0.191 e. The van der Waals surface area contributed by atoms with Crippen molar-refractivity contribution in [3.8, 4) is 0 Å². The molecule has 1 aliphatic rings. The van der Waals surface area contributed by atoms with Gasteiger partial charge in [0.25, 0.3) is 0 Å². The summed E-state index contributed by atoms with van der Waals surface area (Å²) in [6.45, 7) is 3.06. The van der Waals surface area contributed by atoms with Crippen LogP contribution >= 0.6 is 11.3 Å². The van der Waals surface area contributed by atoms with Crippen LogP contribution in [0.2, 0.25) is 0 Å². The third-order valence-electron chi connectivity index (χ3n) is 3.50. The largest absolute Gasteiger partial charge is 0.356 e. The molecule has 0 amide bonds. The number of aromatic nitrogens is 1. The highest BCUT2D eigenvalue weighted by atomic mass is 32.1. The molecule has 1 aromatic rings. The third-order valence-corrected chi connectivity index (χ3v) is 4.70. The van der Waals surface area contributed by atoms with E-state index in [1.165, 1.54) is 35.6 Å². The number of aryl methyl sites for hydroxylation is 1. The number of hydrogen-bond acceptors (Lipinski definition) is 3. The van der Waals surface area contributed by atoms with Gasteiger partial charge in [0.15, 0.2) is 5.96 Å². The van der Waals surface area contributed by atoms with Gasteiger partial charge in [0.1, 0.15) is 0 Å². The van der Waals surface area contributed by atoms with E-state index in [9.17, 15) is 0 Å². The Bertz CT molecular complexity index is 407. The van der Waals surface area contributed by atoms with Crippen LogP contribution in [0, 0.1) is 0 Å². The predicted octanol–water partition coefficient (Wildman–Crippen LogP) is 2.36. The van der Waals surface area contributed by atoms with E-state index in [4.69, 9.17) is 0 Å². The number of nitrogens with one attached hydrogen (secondary N) is 2. The van der Waals surface area contributed by atoms with Gasteiger partial charge in [-0.3, -0.25) is 4.99 Å². The molecular weight excluding hydrogens is 256 g/mol. The van der Waals surface area contributed by atoms with E-state index >= 15 is 0 Å². The van der Waals surface area contributed by atoms with Crippen LogP contribution in [0.1, 0.15) is 42.5 Å². The number of nitrogens with zero attached hydrogens (tertiary/aromatic N) is 2. The first-order chi connectivity index (χ1) is 9.31. The van der Waals surface area contributed by atoms with Crippen molar-refractivity contribution in [1.29, 1.82) is 0 Å². The predicted molar refractivity (Wildman–Crippen MR) is 81.9 cm³/mol. The van der Waals surface area contributed by atoms with Crippen molar-refractivity contribution in [3.05, 3.63) is 16.1 Å². The summed E-state index contributed by atoms with van der Waals surface area (Å²) in [5.41, 5.74) is 0. The minimum Gasteiger partial charge on any atom is -0.356 e. The molecule has 1 saturated carbocycles. The van der Waals surface area contributed by atoms with Crippen molar-refractivity contribution in [3.63, 3.8) is 0 Å². The summed E-state index contributed by atoms with van der Waals surface area (Å²) >= 11 is 1.81. The molecule has 1 aromatic heterocycles. The van der Waals surface area contributed by atoms with Gasteiger partial charge in [-0.2, -0.15) is 0 Å². The van der Waals surface area contributed by atoms with Gasteiger partial charge in [-0.1, -0.05) is 19.8 Å². The number of guanidine groups is 1. The highest BCUT2D eigenvalue weighted by molar-refractivity contribution is 7.11. The molecule has 0 spiro atoms. The Morgan fingerprint density at radius 1 is 1.47 bits per heavy atom. The summed E-state index contributed by atoms with van der Waals surface area (Å²) in [6, 6.07) is 0.609. The molecule has 4 nitrogen and oxygen atoms in total. The minimum absolute atomic E-state index is 0.609. The van der Waals surface area contributed by atoms with Gasteiger partial charge in [0.05, 0.1) is 5.01 Å². The van der Waals surface area contributed by atoms with Crippen LogP contribution in [0.3, 0.4) is 0 Å². The lowest BCUT2D eigenvalue weighted by atomic mass is 10.2. The maximum Gasteiger partial charge on any atom is 0.191 e. The molecule has 0 aromatic carbocycles. The van der Waals surface area contributed by atoms with Gasteiger partial charge in [-0.05, 0) is 19.3 Å². The average Bonchev–Trinajstić information content (AvgIpc) is 3.08. The summed E-state index contributed by atoms with van der Waals surface area (Å²) in [5, 5.41) is 8.08. The lowest BCUT2D eigenvalue weighted by Crippen LogP contribution is -2.42. The Labute approximate surface area is 119 Å². The Kier molecular flexibility index (Phi) is 5.63. The van der Waals surface area contributed by atoms with Crippen LogP contribution in [0.5, 0.6) is 0 Å². The first-order valence-corrected chi connectivity index (χ1v) is 8.04. The molecule has 2 rings (SSSR count). The zero-order valence-electron chi connectivity index (χ0n) is 11.9. The molecule has 0 aliphatic heterocycles. The summed E-state index contributed by atoms with van der Waals surface area (Å²) < 4.78 is 0. The summed E-state index contributed by atoms with van der Waals surface area (Å²) in [5.74, 6) is 0.930. The topological polar surface area (TPSA) is 49.3 Å². The number of rotatable bonds is 5. The highest BCUT2D eigenvalue weighted by Crippen LogP contribution is 2.17. The van der Waals surface area contributed by atoms with Crippen LogP contribution in [0.15, 0.2) is 11.2 Å². The monoisotopic (exact) mass is 280 g/mol. The highest BCUT2D eigenvalue weighted by Gasteiger charge is 2.15. The van der Waals surface area contributed by atoms with Crippen molar-refractivity contribution in [2.24, 2.45) is 4.99 Å². The van der Waals surface area contributed by atoms with Gasteiger partial charge in [0, 0.05) is 37.1 Å². The van der Waals surface area contributed by atoms with Crippen molar-refractivity contribution in [1.82, 2.24) is 15.6 Å². The fourth-order valence-corrected chi connectivity index (χ4v) is 3.23. The average molecular weight is 280 g/mol. The third kappa shape index (κ3) is 4.49. The molecule has 1 heterocycles. The Hall–Kier alpha value is -1.10. The number of thiazole rings is 1. The zero-order valence-corrected chi connectivity index (χ0v) is 12.7. The van der Waals surface area contributed by atoms with Crippen LogP contribution in [0.25, 0.3) is 0 Å². The molecule has 0 radical (unpaired) electrons. The van der Waals surface area contributed by atoms with Gasteiger partial charge in [-0.15, -0.1) is 11.3 Å². The summed E-state index contributed by atoms with van der Waals surface area (Å²) in [7, 11) is 1.84. The molecule has 0 saturated heterocycles. The second kappa shape index (κ2) is 7.48. The van der Waals surface area contributed by atoms with E-state index in [2.05, 4.69) is 27.5 Å². The molecule has 106 valence electrons. The van der Waals surface area contributed by atoms with E-state index in [1.54, 1.807) is 0 Å². The zero-order chi connectivity index (χ0) is 13.5. The van der Waals surface area contributed by atoms with E-state index in [1.807, 2.05) is 24.6 Å². The summed E-state index contributed by atoms with van der Waals surface area (Å²) in [4.78, 5) is 10.1. The first kappa shape index (κ1) is 14.3. The second-order valence-electron chi connectivity index (χ2n) is 4.95. The number of aliphatic imine (C=N–C) groups is 1. The van der Waals surface area contributed by atoms with Crippen LogP contribution < -0.4 is 10.6 Å². The van der Waals surface area contributed by atoms with Crippen LogP contribution in [0.4, 0.5) is 0 Å². The molecular formula is C14H24N4S. The van der Waals surface area contributed by atoms with Gasteiger partial charge in [0.2, 0.25) is 0 Å². The Morgan fingerprint density at radius 3 is 2.89 bits per heavy atom. The lowest BCUT2D eigenvalue weighted by molar-refractivity contribution is 0.613. The molecule has 1 aliphatic carbocycles. The fraction of sp³-hybridized carbons (Fsp3) is 0.714. The van der Waals surface area contributed by atoms with Crippen molar-refractivity contribution in [2.75, 3.05) is 13.6 Å². The molecule has 5 heteroatoms. The summed E-state index contributed by atoms with van der Waals surface area (Å²) in [6.07, 6.45) is 9.26. The van der Waals surface area contributed by atoms with Crippen molar-refractivity contribution >= 4 is 17.3 Å². The SMILES string of the molecule is CCc1cnc(CCNC(=NC)NC2CCCC2)s1. The Morgan fingerprint density at radius 2 is 2.26 bits per heavy atom. The molecule has 19 heavy (non-hydrogen) atoms. The molecule has 0 bridgehead atoms. The molecule has 2 N–H and O–H groups in total. The number of hydrogen-bond donors (Lipinski definition) is 2. The van der Waals surface area contributed by atoms with Gasteiger partial charge >= 0.3 is 0 Å². The molecule has 1 fully saturated rings. The van der Waals surface area contributed by atoms with Crippen molar-refractivity contribution < 1.29 is 0 Å². The van der Waals surface area contributed by atoms with Gasteiger partial charge < -0.3 is 10.6 Å². The fourth-order valence-electron chi connectivity index (χ4n) is 2.37. The standard InChI is InChI=1S/C14H24N4S/c1-3-12-10-17-13(19-12)8-9-16-14(15-2)18-11-6-4-5-7-11/h10-11H,3-9H2,1-2H3,(H2,15,16,18). The van der Waals surface area contributed by atoms with Crippen LogP contribution in [-0.2, 0) is 12.8 Å². The first-order valence-electron chi connectivity index (χ1n) is 7.22. The lowest BCUT2D eigenvalue weighted by Gasteiger charge is -2.16. The van der Waals surface area contributed by atoms with Crippen molar-refractivity contribution in [2.45, 2.75) is 51.5 Å². The Balaban J connectivity index is 1.70. The maximum absolute atomic E-state index is 4.43. The van der Waals surface area contributed by atoms with E-state index in [0.717, 1.165) is 25.3 Å². The van der Waals surface area contributed by atoms with E-state index < -0.39 is 0 Å². The van der Waals surface area contributed by atoms with Gasteiger partial charge in [-0.25, -0.2) is 4.98 Å². The van der Waals surface area contributed by atoms with Crippen LogP contribution in [-0.4, -0.2) is 30.6 Å². The van der Waals surface area contributed by atoms with E-state index in [0.29, 0.717) is 6.04 Å². The second-order valence-corrected chi connectivity index (χ2v) is 6.15. The maximum atomic E-state index is 4.43. The molecule has 0 unspecified atom stereocenters. The minimum atomic E-state index is 0.609.